The monoisotopic (exact) mass is 446 g/mol. The van der Waals surface area contributed by atoms with E-state index in [-0.39, 0.29) is 5.91 Å². The standard InChI is InChI=1S/C22H27BrN2OS/c1-3-13-24(2)14-6-4-5-7-17-8-9-19-18(16-17)12-15-25(19)22(26)20-10-11-21(23)27-20/h3,8-11,16H,1,4-7,12-15H2,2H3. The number of benzene rings is 1. The maximum absolute atomic E-state index is 12.8. The number of amides is 1. The predicted octanol–water partition coefficient (Wildman–Crippen LogP) is 5.54. The summed E-state index contributed by atoms with van der Waals surface area (Å²) in [7, 11) is 2.14. The van der Waals surface area contributed by atoms with Gasteiger partial charge >= 0.3 is 0 Å². The molecule has 0 unspecified atom stereocenters. The number of aryl methyl sites for hydroxylation is 1. The number of likely N-dealkylation sites (N-methyl/N-ethyl adjacent to an activating group) is 1. The molecule has 1 aromatic carbocycles. The minimum absolute atomic E-state index is 0.112. The Morgan fingerprint density at radius 3 is 2.89 bits per heavy atom. The van der Waals surface area contributed by atoms with Crippen LogP contribution in [0.3, 0.4) is 0 Å². The number of unbranched alkanes of at least 4 members (excludes halogenated alkanes) is 2. The number of thiophene rings is 1. The molecule has 1 aliphatic rings. The van der Waals surface area contributed by atoms with Crippen molar-refractivity contribution in [2.75, 3.05) is 31.6 Å². The molecule has 0 spiro atoms. The highest BCUT2D eigenvalue weighted by Crippen LogP contribution is 2.32. The summed E-state index contributed by atoms with van der Waals surface area (Å²) < 4.78 is 0.997. The second-order valence-electron chi connectivity index (χ2n) is 7.14. The van der Waals surface area contributed by atoms with Gasteiger partial charge in [0, 0.05) is 18.8 Å². The van der Waals surface area contributed by atoms with E-state index in [1.165, 1.54) is 41.7 Å². The van der Waals surface area contributed by atoms with Crippen molar-refractivity contribution in [2.24, 2.45) is 0 Å². The van der Waals surface area contributed by atoms with E-state index in [0.717, 1.165) is 46.8 Å². The number of carbonyl (C=O) groups is 1. The normalized spacial score (nSPS) is 13.2. The van der Waals surface area contributed by atoms with Crippen LogP contribution in [-0.4, -0.2) is 37.5 Å². The molecule has 3 rings (SSSR count). The van der Waals surface area contributed by atoms with Gasteiger partial charge in [0.15, 0.2) is 0 Å². The summed E-state index contributed by atoms with van der Waals surface area (Å²) in [6, 6.07) is 10.5. The lowest BCUT2D eigenvalue weighted by molar-refractivity contribution is 0.0993. The summed E-state index contributed by atoms with van der Waals surface area (Å²) in [5, 5.41) is 0. The topological polar surface area (TPSA) is 23.6 Å². The Balaban J connectivity index is 1.52. The molecule has 3 nitrogen and oxygen atoms in total. The minimum atomic E-state index is 0.112. The van der Waals surface area contributed by atoms with Gasteiger partial charge < -0.3 is 9.80 Å². The molecule has 0 fully saturated rings. The minimum Gasteiger partial charge on any atom is -0.307 e. The fraction of sp³-hybridized carbons (Fsp3) is 0.409. The van der Waals surface area contributed by atoms with Crippen LogP contribution in [0.2, 0.25) is 0 Å². The zero-order valence-corrected chi connectivity index (χ0v) is 18.3. The number of anilines is 1. The quantitative estimate of drug-likeness (QED) is 0.372. The lowest BCUT2D eigenvalue weighted by atomic mass is 10.0. The van der Waals surface area contributed by atoms with Crippen LogP contribution in [0.5, 0.6) is 0 Å². The van der Waals surface area contributed by atoms with Crippen LogP contribution < -0.4 is 4.90 Å². The van der Waals surface area contributed by atoms with E-state index in [4.69, 9.17) is 0 Å². The van der Waals surface area contributed by atoms with Gasteiger partial charge in [0.05, 0.1) is 8.66 Å². The van der Waals surface area contributed by atoms with Gasteiger partial charge in [0.1, 0.15) is 0 Å². The van der Waals surface area contributed by atoms with Crippen molar-refractivity contribution in [3.05, 3.63) is 62.8 Å². The largest absolute Gasteiger partial charge is 0.307 e. The van der Waals surface area contributed by atoms with Gasteiger partial charge in [0.2, 0.25) is 0 Å². The van der Waals surface area contributed by atoms with E-state index in [1.54, 1.807) is 0 Å². The number of nitrogens with zero attached hydrogens (tertiary/aromatic N) is 2. The van der Waals surface area contributed by atoms with Crippen molar-refractivity contribution in [3.63, 3.8) is 0 Å². The second kappa shape index (κ2) is 9.67. The van der Waals surface area contributed by atoms with Crippen molar-refractivity contribution in [3.8, 4) is 0 Å². The Bertz CT molecular complexity index is 801. The van der Waals surface area contributed by atoms with E-state index in [2.05, 4.69) is 52.7 Å². The molecule has 0 saturated carbocycles. The van der Waals surface area contributed by atoms with Gasteiger partial charge in [-0.3, -0.25) is 4.79 Å². The first kappa shape index (κ1) is 20.3. The molecule has 0 saturated heterocycles. The smallest absolute Gasteiger partial charge is 0.268 e. The number of fused-ring (bicyclic) bond motifs is 1. The first-order valence-corrected chi connectivity index (χ1v) is 11.2. The predicted molar refractivity (Wildman–Crippen MR) is 119 cm³/mol. The van der Waals surface area contributed by atoms with Crippen LogP contribution in [-0.2, 0) is 12.8 Å². The van der Waals surface area contributed by atoms with Crippen LogP contribution >= 0.6 is 27.3 Å². The second-order valence-corrected chi connectivity index (χ2v) is 9.60. The summed E-state index contributed by atoms with van der Waals surface area (Å²) in [5.41, 5.74) is 3.78. The lowest BCUT2D eigenvalue weighted by Gasteiger charge is -2.16. The average Bonchev–Trinajstić information content (AvgIpc) is 3.27. The van der Waals surface area contributed by atoms with Gasteiger partial charge in [-0.2, -0.15) is 0 Å². The Labute approximate surface area is 174 Å². The van der Waals surface area contributed by atoms with Crippen molar-refractivity contribution >= 4 is 38.9 Å². The van der Waals surface area contributed by atoms with Crippen LogP contribution in [0.15, 0.2) is 46.8 Å². The van der Waals surface area contributed by atoms with Gasteiger partial charge in [-0.1, -0.05) is 24.6 Å². The Morgan fingerprint density at radius 1 is 1.30 bits per heavy atom. The zero-order chi connectivity index (χ0) is 19.2. The van der Waals surface area contributed by atoms with Crippen molar-refractivity contribution in [1.29, 1.82) is 0 Å². The Kier molecular flexibility index (Phi) is 7.27. The van der Waals surface area contributed by atoms with Gasteiger partial charge in [0.25, 0.3) is 5.91 Å². The third-order valence-electron chi connectivity index (χ3n) is 5.01. The van der Waals surface area contributed by atoms with Crippen LogP contribution in [0.1, 0.15) is 40.1 Å². The summed E-state index contributed by atoms with van der Waals surface area (Å²) in [5.74, 6) is 0.112. The molecule has 0 radical (unpaired) electrons. The van der Waals surface area contributed by atoms with Gasteiger partial charge in [-0.25, -0.2) is 0 Å². The van der Waals surface area contributed by atoms with E-state index in [9.17, 15) is 4.79 Å². The van der Waals surface area contributed by atoms with Crippen molar-refractivity contribution in [2.45, 2.75) is 32.1 Å². The molecule has 1 aliphatic heterocycles. The van der Waals surface area contributed by atoms with Gasteiger partial charge in [-0.15, -0.1) is 17.9 Å². The summed E-state index contributed by atoms with van der Waals surface area (Å²) in [4.78, 5) is 17.8. The van der Waals surface area contributed by atoms with Gasteiger partial charge in [-0.05, 0) is 84.5 Å². The SMILES string of the molecule is C=CCN(C)CCCCCc1ccc2c(c1)CCN2C(=O)c1ccc(Br)s1. The molecule has 27 heavy (non-hydrogen) atoms. The average molecular weight is 447 g/mol. The highest BCUT2D eigenvalue weighted by Gasteiger charge is 2.26. The van der Waals surface area contributed by atoms with Crippen LogP contribution in [0.25, 0.3) is 0 Å². The molecule has 0 aliphatic carbocycles. The molecular weight excluding hydrogens is 420 g/mol. The molecule has 5 heteroatoms. The highest BCUT2D eigenvalue weighted by molar-refractivity contribution is 9.11. The van der Waals surface area contributed by atoms with Crippen LogP contribution in [0.4, 0.5) is 5.69 Å². The van der Waals surface area contributed by atoms with Crippen molar-refractivity contribution in [1.82, 2.24) is 4.90 Å². The molecule has 0 bridgehead atoms. The first-order chi connectivity index (χ1) is 13.1. The first-order valence-electron chi connectivity index (χ1n) is 9.57. The fourth-order valence-electron chi connectivity index (χ4n) is 3.58. The third kappa shape index (κ3) is 5.31. The van der Waals surface area contributed by atoms with E-state index >= 15 is 0 Å². The number of carbonyl (C=O) groups excluding carboxylic acids is 1. The van der Waals surface area contributed by atoms with Crippen molar-refractivity contribution < 1.29 is 4.79 Å². The highest BCUT2D eigenvalue weighted by atomic mass is 79.9. The summed E-state index contributed by atoms with van der Waals surface area (Å²) >= 11 is 4.94. The number of rotatable bonds is 9. The molecule has 2 heterocycles. The Morgan fingerprint density at radius 2 is 2.15 bits per heavy atom. The van der Waals surface area contributed by atoms with E-state index in [0.29, 0.717) is 0 Å². The number of hydrogen-bond donors (Lipinski definition) is 0. The number of hydrogen-bond acceptors (Lipinski definition) is 3. The zero-order valence-electron chi connectivity index (χ0n) is 15.9. The molecule has 1 amide bonds. The third-order valence-corrected chi connectivity index (χ3v) is 6.63. The lowest BCUT2D eigenvalue weighted by Crippen LogP contribution is -2.28. The molecule has 0 N–H and O–H groups in total. The summed E-state index contributed by atoms with van der Waals surface area (Å²) in [6.07, 6.45) is 7.71. The summed E-state index contributed by atoms with van der Waals surface area (Å²) in [6.45, 7) is 6.65. The van der Waals surface area contributed by atoms with E-state index < -0.39 is 0 Å². The maximum atomic E-state index is 12.8. The molecule has 1 aromatic heterocycles. The molecule has 144 valence electrons. The number of halogens is 1. The fourth-order valence-corrected chi connectivity index (χ4v) is 4.92. The molecular formula is C22H27BrN2OS. The molecule has 2 aromatic rings. The maximum Gasteiger partial charge on any atom is 0.268 e. The van der Waals surface area contributed by atoms with Crippen LogP contribution in [0, 0.1) is 0 Å². The molecule has 0 atom stereocenters. The van der Waals surface area contributed by atoms with E-state index in [1.807, 2.05) is 23.1 Å². The Hall–Kier alpha value is -1.43.